The Morgan fingerprint density at radius 1 is 1.04 bits per heavy atom. The van der Waals surface area contributed by atoms with Crippen LogP contribution in [0.3, 0.4) is 0 Å². The fourth-order valence-corrected chi connectivity index (χ4v) is 3.21. The Morgan fingerprint density at radius 3 is 2.62 bits per heavy atom. The molecule has 0 saturated heterocycles. The normalized spacial score (nSPS) is 10.9. The summed E-state index contributed by atoms with van der Waals surface area (Å²) in [6.45, 7) is 0. The van der Waals surface area contributed by atoms with Crippen LogP contribution in [-0.4, -0.2) is 10.9 Å². The van der Waals surface area contributed by atoms with Crippen molar-refractivity contribution in [3.8, 4) is 10.8 Å². The van der Waals surface area contributed by atoms with Crippen molar-refractivity contribution in [2.75, 3.05) is 5.32 Å². The van der Waals surface area contributed by atoms with Crippen LogP contribution in [-0.2, 0) is 0 Å². The zero-order valence-electron chi connectivity index (χ0n) is 12.3. The minimum absolute atomic E-state index is 0.175. The first-order chi connectivity index (χ1) is 11.7. The highest BCUT2D eigenvalue weighted by Crippen LogP contribution is 2.31. The van der Waals surface area contributed by atoms with Gasteiger partial charge in [0.1, 0.15) is 5.82 Å². The van der Waals surface area contributed by atoms with Crippen molar-refractivity contribution in [1.29, 1.82) is 0 Å². The summed E-state index contributed by atoms with van der Waals surface area (Å²) in [4.78, 5) is 16.7. The smallest absolute Gasteiger partial charge is 0.291 e. The second-order valence-electron chi connectivity index (χ2n) is 5.11. The van der Waals surface area contributed by atoms with Gasteiger partial charge in [-0.3, -0.25) is 4.79 Å². The van der Waals surface area contributed by atoms with Gasteiger partial charge in [-0.1, -0.05) is 12.1 Å². The maximum atomic E-state index is 12.9. The number of hydrogen-bond donors (Lipinski definition) is 1. The van der Waals surface area contributed by atoms with Crippen molar-refractivity contribution in [3.05, 3.63) is 72.2 Å². The molecule has 0 radical (unpaired) electrons. The van der Waals surface area contributed by atoms with Crippen molar-refractivity contribution < 1.29 is 13.6 Å². The molecule has 0 saturated carbocycles. The Hall–Kier alpha value is -2.99. The zero-order chi connectivity index (χ0) is 16.5. The Labute approximate surface area is 140 Å². The van der Waals surface area contributed by atoms with Crippen LogP contribution >= 0.6 is 11.3 Å². The molecule has 6 heteroatoms. The number of para-hydroxylation sites is 1. The first-order valence-electron chi connectivity index (χ1n) is 7.22. The predicted octanol–water partition coefficient (Wildman–Crippen LogP) is 4.95. The number of aromatic nitrogens is 1. The lowest BCUT2D eigenvalue weighted by Gasteiger charge is -2.02. The van der Waals surface area contributed by atoms with Gasteiger partial charge in [-0.25, -0.2) is 9.37 Å². The summed E-state index contributed by atoms with van der Waals surface area (Å²) in [6.07, 6.45) is 0. The third-order valence-corrected chi connectivity index (χ3v) is 4.49. The molecule has 0 spiro atoms. The molecule has 0 aliphatic rings. The highest BCUT2D eigenvalue weighted by molar-refractivity contribution is 7.21. The summed E-state index contributed by atoms with van der Waals surface area (Å²) in [5.74, 6) is -0.0351. The van der Waals surface area contributed by atoms with Gasteiger partial charge in [0.25, 0.3) is 5.91 Å². The van der Waals surface area contributed by atoms with Gasteiger partial charge in [0.15, 0.2) is 16.5 Å². The summed E-state index contributed by atoms with van der Waals surface area (Å²) in [5.41, 5.74) is 1.39. The molecule has 0 atom stereocenters. The molecule has 2 aromatic carbocycles. The lowest BCUT2D eigenvalue weighted by molar-refractivity contribution is 0.0997. The topological polar surface area (TPSA) is 55.1 Å². The molecule has 0 fully saturated rings. The number of nitrogens with zero attached hydrogens (tertiary/aromatic N) is 1. The highest BCUT2D eigenvalue weighted by Gasteiger charge is 2.15. The number of anilines is 1. The molecule has 2 heterocycles. The number of benzene rings is 2. The van der Waals surface area contributed by atoms with E-state index in [9.17, 15) is 9.18 Å². The molecule has 4 rings (SSSR count). The number of rotatable bonds is 3. The number of hydrogen-bond acceptors (Lipinski definition) is 4. The highest BCUT2D eigenvalue weighted by atomic mass is 32.1. The Kier molecular flexibility index (Phi) is 3.59. The van der Waals surface area contributed by atoms with Crippen LogP contribution < -0.4 is 5.32 Å². The van der Waals surface area contributed by atoms with Crippen LogP contribution in [0, 0.1) is 5.82 Å². The van der Waals surface area contributed by atoms with Crippen molar-refractivity contribution in [3.63, 3.8) is 0 Å². The Morgan fingerprint density at radius 2 is 1.83 bits per heavy atom. The van der Waals surface area contributed by atoms with Gasteiger partial charge in [-0.05, 0) is 48.5 Å². The van der Waals surface area contributed by atoms with Gasteiger partial charge in [-0.15, -0.1) is 11.3 Å². The number of nitrogens with one attached hydrogen (secondary N) is 1. The second-order valence-corrected chi connectivity index (χ2v) is 6.14. The number of thiazole rings is 1. The van der Waals surface area contributed by atoms with Gasteiger partial charge in [-0.2, -0.15) is 0 Å². The van der Waals surface area contributed by atoms with Crippen molar-refractivity contribution >= 4 is 33.1 Å². The van der Waals surface area contributed by atoms with Crippen LogP contribution in [0.1, 0.15) is 10.6 Å². The number of amides is 1. The molecule has 1 amide bonds. The Bertz CT molecular complexity index is 988. The second kappa shape index (κ2) is 5.90. The quantitative estimate of drug-likeness (QED) is 0.575. The summed E-state index contributed by atoms with van der Waals surface area (Å²) in [6, 6.07) is 16.7. The monoisotopic (exact) mass is 338 g/mol. The summed E-state index contributed by atoms with van der Waals surface area (Å²) < 4.78 is 19.6. The van der Waals surface area contributed by atoms with E-state index >= 15 is 0 Å². The van der Waals surface area contributed by atoms with E-state index < -0.39 is 5.91 Å². The maximum Gasteiger partial charge on any atom is 0.291 e. The van der Waals surface area contributed by atoms with Crippen molar-refractivity contribution in [1.82, 2.24) is 4.98 Å². The standard InChI is InChI=1S/C18H11FN2O2S/c19-11-5-7-12(8-6-11)20-17(22)14-9-10-15(23-14)18-21-13-3-1-2-4-16(13)24-18/h1-10H,(H,20,22). The van der Waals surface area contributed by atoms with E-state index in [2.05, 4.69) is 10.3 Å². The minimum atomic E-state index is -0.394. The molecular weight excluding hydrogens is 327 g/mol. The molecule has 0 bridgehead atoms. The van der Waals surface area contributed by atoms with Gasteiger partial charge < -0.3 is 9.73 Å². The third-order valence-electron chi connectivity index (χ3n) is 3.44. The van der Waals surface area contributed by atoms with Crippen LogP contribution in [0.2, 0.25) is 0 Å². The maximum absolute atomic E-state index is 12.9. The Balaban J connectivity index is 1.57. The fourth-order valence-electron chi connectivity index (χ4n) is 2.28. The van der Waals surface area contributed by atoms with E-state index in [-0.39, 0.29) is 11.6 Å². The minimum Gasteiger partial charge on any atom is -0.448 e. The van der Waals surface area contributed by atoms with Gasteiger partial charge in [0.2, 0.25) is 0 Å². The molecule has 4 aromatic rings. The van der Waals surface area contributed by atoms with E-state index in [4.69, 9.17) is 4.42 Å². The molecule has 118 valence electrons. The molecule has 4 nitrogen and oxygen atoms in total. The third kappa shape index (κ3) is 2.79. The van der Waals surface area contributed by atoms with Gasteiger partial charge >= 0.3 is 0 Å². The molecular formula is C18H11FN2O2S. The number of furan rings is 1. The number of carbonyl (C=O) groups excluding carboxylic acids is 1. The van der Waals surface area contributed by atoms with Gasteiger partial charge in [0, 0.05) is 5.69 Å². The van der Waals surface area contributed by atoms with E-state index in [0.717, 1.165) is 15.2 Å². The number of halogens is 1. The van der Waals surface area contributed by atoms with Crippen molar-refractivity contribution in [2.24, 2.45) is 0 Å². The zero-order valence-corrected chi connectivity index (χ0v) is 13.1. The lowest BCUT2D eigenvalue weighted by Crippen LogP contribution is -2.10. The summed E-state index contributed by atoms with van der Waals surface area (Å²) in [7, 11) is 0. The SMILES string of the molecule is O=C(Nc1ccc(F)cc1)c1ccc(-c2nc3ccccc3s2)o1. The fraction of sp³-hybridized carbons (Fsp3) is 0. The van der Waals surface area contributed by atoms with E-state index in [0.29, 0.717) is 11.4 Å². The molecule has 1 N–H and O–H groups in total. The van der Waals surface area contributed by atoms with E-state index in [1.807, 2.05) is 24.3 Å². The average molecular weight is 338 g/mol. The molecule has 24 heavy (non-hydrogen) atoms. The molecule has 0 unspecified atom stereocenters. The summed E-state index contributed by atoms with van der Waals surface area (Å²) in [5, 5.41) is 3.38. The first kappa shape index (κ1) is 14.6. The molecule has 2 aromatic heterocycles. The first-order valence-corrected chi connectivity index (χ1v) is 8.03. The predicted molar refractivity (Wildman–Crippen MR) is 91.7 cm³/mol. The summed E-state index contributed by atoms with van der Waals surface area (Å²) >= 11 is 1.50. The van der Waals surface area contributed by atoms with E-state index in [1.165, 1.54) is 35.6 Å². The van der Waals surface area contributed by atoms with Crippen LogP contribution in [0.25, 0.3) is 21.0 Å². The van der Waals surface area contributed by atoms with Crippen molar-refractivity contribution in [2.45, 2.75) is 0 Å². The van der Waals surface area contributed by atoms with Gasteiger partial charge in [0.05, 0.1) is 10.2 Å². The largest absolute Gasteiger partial charge is 0.448 e. The average Bonchev–Trinajstić information content (AvgIpc) is 3.23. The lowest BCUT2D eigenvalue weighted by atomic mass is 10.3. The van der Waals surface area contributed by atoms with E-state index in [1.54, 1.807) is 12.1 Å². The number of fused-ring (bicyclic) bond motifs is 1. The molecule has 0 aliphatic carbocycles. The van der Waals surface area contributed by atoms with Crippen LogP contribution in [0.5, 0.6) is 0 Å². The van der Waals surface area contributed by atoms with Crippen LogP contribution in [0.15, 0.2) is 65.1 Å². The van der Waals surface area contributed by atoms with Crippen LogP contribution in [0.4, 0.5) is 10.1 Å². The molecule has 0 aliphatic heterocycles. The number of carbonyl (C=O) groups is 1.